The van der Waals surface area contributed by atoms with E-state index in [-0.39, 0.29) is 11.7 Å². The summed E-state index contributed by atoms with van der Waals surface area (Å²) in [6.07, 6.45) is 4.46. The Bertz CT molecular complexity index is 675. The molecule has 0 radical (unpaired) electrons. The maximum atomic E-state index is 13.1. The molecule has 24 heavy (non-hydrogen) atoms. The number of amides is 1. The van der Waals surface area contributed by atoms with Crippen LogP contribution in [-0.2, 0) is 11.3 Å². The molecule has 5 heteroatoms. The van der Waals surface area contributed by atoms with E-state index < -0.39 is 0 Å². The third kappa shape index (κ3) is 4.17. The van der Waals surface area contributed by atoms with Gasteiger partial charge in [-0.05, 0) is 48.6 Å². The van der Waals surface area contributed by atoms with E-state index in [4.69, 9.17) is 0 Å². The monoisotopic (exact) mass is 327 g/mol. The fourth-order valence-electron chi connectivity index (χ4n) is 3.24. The summed E-state index contributed by atoms with van der Waals surface area (Å²) >= 11 is 0. The van der Waals surface area contributed by atoms with Gasteiger partial charge < -0.3 is 5.32 Å². The van der Waals surface area contributed by atoms with E-state index >= 15 is 0 Å². The second-order valence-electron chi connectivity index (χ2n) is 6.40. The van der Waals surface area contributed by atoms with Crippen LogP contribution in [0.25, 0.3) is 0 Å². The van der Waals surface area contributed by atoms with Gasteiger partial charge in [0.2, 0.25) is 5.91 Å². The van der Waals surface area contributed by atoms with Crippen LogP contribution < -0.4 is 5.32 Å². The molecule has 0 unspecified atom stereocenters. The Hall–Kier alpha value is -2.27. The molecule has 2 heterocycles. The zero-order valence-corrected chi connectivity index (χ0v) is 13.8. The number of carbonyl (C=O) groups excluding carboxylic acids is 1. The zero-order chi connectivity index (χ0) is 16.9. The third-order valence-corrected chi connectivity index (χ3v) is 4.60. The summed E-state index contributed by atoms with van der Waals surface area (Å²) in [5, 5.41) is 2.94. The first-order valence-corrected chi connectivity index (χ1v) is 8.27. The highest BCUT2D eigenvalue weighted by atomic mass is 19.1. The molecule has 0 aliphatic carbocycles. The number of hydrogen-bond acceptors (Lipinski definition) is 3. The standard InChI is InChI=1S/C19H22FN3O/c1-14-9-17(16-4-6-18(20)7-5-16)12-23(14)13-19(24)22-11-15-3-2-8-21-10-15/h2-8,10,14,17H,9,11-13H2,1H3,(H,22,24)/t14-,17+/m0/s1. The first kappa shape index (κ1) is 16.6. The molecule has 0 saturated carbocycles. The molecule has 1 aromatic carbocycles. The molecule has 3 rings (SSSR count). The molecular weight excluding hydrogens is 305 g/mol. The maximum absolute atomic E-state index is 13.1. The van der Waals surface area contributed by atoms with E-state index in [1.165, 1.54) is 12.1 Å². The van der Waals surface area contributed by atoms with Crippen molar-refractivity contribution in [3.05, 3.63) is 65.7 Å². The topological polar surface area (TPSA) is 45.2 Å². The molecule has 1 amide bonds. The van der Waals surface area contributed by atoms with Crippen molar-refractivity contribution in [1.29, 1.82) is 0 Å². The Labute approximate surface area is 141 Å². The number of likely N-dealkylation sites (tertiary alicyclic amines) is 1. The smallest absolute Gasteiger partial charge is 0.234 e. The Morgan fingerprint density at radius 1 is 1.33 bits per heavy atom. The number of rotatable bonds is 5. The van der Waals surface area contributed by atoms with Crippen molar-refractivity contribution in [2.75, 3.05) is 13.1 Å². The Balaban J connectivity index is 1.51. The first-order chi connectivity index (χ1) is 11.6. The number of nitrogens with zero attached hydrogens (tertiary/aromatic N) is 2. The summed E-state index contributed by atoms with van der Waals surface area (Å²) in [6, 6.07) is 10.8. The van der Waals surface area contributed by atoms with Crippen molar-refractivity contribution in [2.24, 2.45) is 0 Å². The van der Waals surface area contributed by atoms with Crippen LogP contribution in [0.4, 0.5) is 4.39 Å². The van der Waals surface area contributed by atoms with E-state index in [2.05, 4.69) is 22.1 Å². The summed E-state index contributed by atoms with van der Waals surface area (Å²) in [4.78, 5) is 18.4. The number of nitrogens with one attached hydrogen (secondary N) is 1. The predicted octanol–water partition coefficient (Wildman–Crippen LogP) is 2.71. The molecule has 0 bridgehead atoms. The van der Waals surface area contributed by atoms with Gasteiger partial charge in [0.05, 0.1) is 6.54 Å². The summed E-state index contributed by atoms with van der Waals surface area (Å²) < 4.78 is 13.1. The molecule has 1 aromatic heterocycles. The van der Waals surface area contributed by atoms with Gasteiger partial charge in [0.15, 0.2) is 0 Å². The van der Waals surface area contributed by atoms with Crippen LogP contribution in [0.1, 0.15) is 30.4 Å². The lowest BCUT2D eigenvalue weighted by molar-refractivity contribution is -0.122. The highest BCUT2D eigenvalue weighted by Crippen LogP contribution is 2.31. The molecule has 4 nitrogen and oxygen atoms in total. The predicted molar refractivity (Wildman–Crippen MR) is 90.9 cm³/mol. The quantitative estimate of drug-likeness (QED) is 0.918. The number of pyridine rings is 1. The minimum absolute atomic E-state index is 0.0189. The van der Waals surface area contributed by atoms with Crippen molar-refractivity contribution >= 4 is 5.91 Å². The lowest BCUT2D eigenvalue weighted by atomic mass is 9.97. The minimum Gasteiger partial charge on any atom is -0.351 e. The molecule has 1 aliphatic rings. The number of benzene rings is 1. The van der Waals surface area contributed by atoms with Crippen molar-refractivity contribution in [3.8, 4) is 0 Å². The molecule has 0 spiro atoms. The summed E-state index contributed by atoms with van der Waals surface area (Å²) in [5.74, 6) is 0.161. The molecule has 1 N–H and O–H groups in total. The average molecular weight is 327 g/mol. The van der Waals surface area contributed by atoms with Crippen LogP contribution in [-0.4, -0.2) is 34.9 Å². The van der Waals surface area contributed by atoms with Crippen LogP contribution in [0.3, 0.4) is 0 Å². The van der Waals surface area contributed by atoms with E-state index in [1.54, 1.807) is 12.4 Å². The third-order valence-electron chi connectivity index (χ3n) is 4.60. The van der Waals surface area contributed by atoms with Crippen molar-refractivity contribution in [3.63, 3.8) is 0 Å². The van der Waals surface area contributed by atoms with Gasteiger partial charge in [-0.15, -0.1) is 0 Å². The van der Waals surface area contributed by atoms with Crippen molar-refractivity contribution in [2.45, 2.75) is 31.8 Å². The number of carbonyl (C=O) groups is 1. The second-order valence-corrected chi connectivity index (χ2v) is 6.40. The van der Waals surface area contributed by atoms with Gasteiger partial charge in [-0.25, -0.2) is 4.39 Å². The van der Waals surface area contributed by atoms with Gasteiger partial charge in [-0.3, -0.25) is 14.7 Å². The fourth-order valence-corrected chi connectivity index (χ4v) is 3.24. The first-order valence-electron chi connectivity index (χ1n) is 8.27. The molecule has 126 valence electrons. The lowest BCUT2D eigenvalue weighted by Crippen LogP contribution is -2.38. The summed E-state index contributed by atoms with van der Waals surface area (Å²) in [5.41, 5.74) is 2.13. The molecule has 1 fully saturated rings. The van der Waals surface area contributed by atoms with E-state index in [9.17, 15) is 9.18 Å². The molecule has 2 aromatic rings. The van der Waals surface area contributed by atoms with Crippen LogP contribution in [0.15, 0.2) is 48.8 Å². The number of hydrogen-bond donors (Lipinski definition) is 1. The van der Waals surface area contributed by atoms with E-state index in [0.717, 1.165) is 24.1 Å². The zero-order valence-electron chi connectivity index (χ0n) is 13.8. The van der Waals surface area contributed by atoms with Crippen molar-refractivity contribution in [1.82, 2.24) is 15.2 Å². The van der Waals surface area contributed by atoms with Gasteiger partial charge in [0.1, 0.15) is 5.82 Å². The Kier molecular flexibility index (Phi) is 5.20. The molecule has 1 aliphatic heterocycles. The lowest BCUT2D eigenvalue weighted by Gasteiger charge is -2.20. The summed E-state index contributed by atoms with van der Waals surface area (Å²) in [7, 11) is 0. The van der Waals surface area contributed by atoms with Gasteiger partial charge in [-0.1, -0.05) is 18.2 Å². The highest BCUT2D eigenvalue weighted by Gasteiger charge is 2.31. The molecule has 2 atom stereocenters. The largest absolute Gasteiger partial charge is 0.351 e. The Morgan fingerprint density at radius 2 is 2.12 bits per heavy atom. The molecule has 1 saturated heterocycles. The second kappa shape index (κ2) is 7.53. The van der Waals surface area contributed by atoms with Gasteiger partial charge >= 0.3 is 0 Å². The van der Waals surface area contributed by atoms with E-state index in [0.29, 0.717) is 25.0 Å². The minimum atomic E-state index is -0.212. The van der Waals surface area contributed by atoms with Gasteiger partial charge in [0, 0.05) is 31.5 Å². The highest BCUT2D eigenvalue weighted by molar-refractivity contribution is 5.78. The van der Waals surface area contributed by atoms with Gasteiger partial charge in [-0.2, -0.15) is 0 Å². The Morgan fingerprint density at radius 3 is 2.83 bits per heavy atom. The van der Waals surface area contributed by atoms with Crippen LogP contribution in [0.5, 0.6) is 0 Å². The summed E-state index contributed by atoms with van der Waals surface area (Å²) in [6.45, 7) is 3.85. The van der Waals surface area contributed by atoms with E-state index in [1.807, 2.05) is 24.3 Å². The molecular formula is C19H22FN3O. The average Bonchev–Trinajstić information content (AvgIpc) is 2.95. The normalized spacial score (nSPS) is 20.9. The van der Waals surface area contributed by atoms with Gasteiger partial charge in [0.25, 0.3) is 0 Å². The van der Waals surface area contributed by atoms with Crippen LogP contribution >= 0.6 is 0 Å². The number of aromatic nitrogens is 1. The number of halogens is 1. The van der Waals surface area contributed by atoms with Crippen LogP contribution in [0, 0.1) is 5.82 Å². The SMILES string of the molecule is C[C@H]1C[C@@H](c2ccc(F)cc2)CN1CC(=O)NCc1cccnc1. The maximum Gasteiger partial charge on any atom is 0.234 e. The van der Waals surface area contributed by atoms with Crippen molar-refractivity contribution < 1.29 is 9.18 Å². The fraction of sp³-hybridized carbons (Fsp3) is 0.368. The van der Waals surface area contributed by atoms with Crippen LogP contribution in [0.2, 0.25) is 0 Å².